The van der Waals surface area contributed by atoms with Crippen molar-refractivity contribution in [3.05, 3.63) is 69.2 Å². The molecule has 0 aliphatic carbocycles. The lowest BCUT2D eigenvalue weighted by atomic mass is 10.2. The number of nitrogens with zero attached hydrogens (tertiary/aromatic N) is 1. The summed E-state index contributed by atoms with van der Waals surface area (Å²) >= 11 is 14.0. The Labute approximate surface area is 127 Å². The zero-order valence-corrected chi connectivity index (χ0v) is 12.4. The minimum Gasteiger partial charge on any atom is -0.192 e. The molecule has 0 aliphatic rings. The number of halogens is 2. The van der Waals surface area contributed by atoms with Crippen molar-refractivity contribution in [3.63, 3.8) is 0 Å². The van der Waals surface area contributed by atoms with Crippen LogP contribution in [0, 0.1) is 11.3 Å². The first kappa shape index (κ1) is 14.3. The topological polar surface area (TPSA) is 23.8 Å². The van der Waals surface area contributed by atoms with E-state index in [4.69, 9.17) is 28.5 Å². The highest BCUT2D eigenvalue weighted by Gasteiger charge is 2.05. The van der Waals surface area contributed by atoms with Gasteiger partial charge < -0.3 is 0 Å². The van der Waals surface area contributed by atoms with Gasteiger partial charge in [-0.05, 0) is 35.4 Å². The molecule has 0 saturated carbocycles. The van der Waals surface area contributed by atoms with Gasteiger partial charge in [-0.2, -0.15) is 17.0 Å². The van der Waals surface area contributed by atoms with Crippen LogP contribution in [0.15, 0.2) is 42.5 Å². The molecule has 0 aromatic heterocycles. The lowest BCUT2D eigenvalue weighted by Gasteiger charge is -2.07. The van der Waals surface area contributed by atoms with E-state index in [-0.39, 0.29) is 0 Å². The minimum absolute atomic E-state index is 0.689. The first-order valence-corrected chi connectivity index (χ1v) is 7.61. The molecule has 2 aromatic rings. The van der Waals surface area contributed by atoms with Gasteiger partial charge in [0, 0.05) is 21.6 Å². The third-order valence-corrected chi connectivity index (χ3v) is 4.37. The maximum Gasteiger partial charge on any atom is 0.0991 e. The zero-order valence-electron chi connectivity index (χ0n) is 10.1. The summed E-state index contributed by atoms with van der Waals surface area (Å²) in [4.78, 5) is 0. The smallest absolute Gasteiger partial charge is 0.0991 e. The van der Waals surface area contributed by atoms with Crippen molar-refractivity contribution in [1.82, 2.24) is 0 Å². The van der Waals surface area contributed by atoms with Crippen LogP contribution in [-0.2, 0) is 11.5 Å². The molecule has 2 aromatic carbocycles. The van der Waals surface area contributed by atoms with Gasteiger partial charge >= 0.3 is 0 Å². The fourth-order valence-corrected chi connectivity index (χ4v) is 3.39. The number of nitriles is 1. The molecule has 0 aliphatic heterocycles. The molecule has 0 N–H and O–H groups in total. The number of benzene rings is 2. The van der Waals surface area contributed by atoms with Gasteiger partial charge in [0.25, 0.3) is 0 Å². The predicted octanol–water partition coefficient (Wildman–Crippen LogP) is 5.30. The molecule has 19 heavy (non-hydrogen) atoms. The molecule has 2 rings (SSSR count). The van der Waals surface area contributed by atoms with Crippen molar-refractivity contribution >= 4 is 35.0 Å². The van der Waals surface area contributed by atoms with Crippen LogP contribution in [0.25, 0.3) is 0 Å². The normalized spacial score (nSPS) is 10.2. The highest BCUT2D eigenvalue weighted by Crippen LogP contribution is 2.29. The van der Waals surface area contributed by atoms with Crippen molar-refractivity contribution in [2.45, 2.75) is 11.5 Å². The lowest BCUT2D eigenvalue weighted by Crippen LogP contribution is -1.87. The van der Waals surface area contributed by atoms with Gasteiger partial charge in [-0.3, -0.25) is 0 Å². The fraction of sp³-hybridized carbons (Fsp3) is 0.133. The van der Waals surface area contributed by atoms with Crippen LogP contribution >= 0.6 is 35.0 Å². The Morgan fingerprint density at radius 1 is 1.00 bits per heavy atom. The molecule has 0 heterocycles. The molecular formula is C15H11Cl2NS. The summed E-state index contributed by atoms with van der Waals surface area (Å²) in [5.74, 6) is 1.59. The van der Waals surface area contributed by atoms with E-state index < -0.39 is 0 Å². The van der Waals surface area contributed by atoms with Crippen molar-refractivity contribution in [2.24, 2.45) is 0 Å². The molecule has 0 saturated heterocycles. The van der Waals surface area contributed by atoms with E-state index in [2.05, 4.69) is 6.07 Å². The summed E-state index contributed by atoms with van der Waals surface area (Å²) in [6.07, 6.45) is 0. The maximum atomic E-state index is 8.85. The molecule has 0 unspecified atom stereocenters. The summed E-state index contributed by atoms with van der Waals surface area (Å²) in [5.41, 5.74) is 2.79. The van der Waals surface area contributed by atoms with E-state index in [1.165, 1.54) is 0 Å². The van der Waals surface area contributed by atoms with Gasteiger partial charge in [0.1, 0.15) is 0 Å². The Hall–Kier alpha value is -1.14. The first-order chi connectivity index (χ1) is 9.20. The molecule has 4 heteroatoms. The summed E-state index contributed by atoms with van der Waals surface area (Å²) in [7, 11) is 0. The van der Waals surface area contributed by atoms with Crippen LogP contribution in [0.1, 0.15) is 16.7 Å². The van der Waals surface area contributed by atoms with E-state index in [1.807, 2.05) is 36.4 Å². The van der Waals surface area contributed by atoms with E-state index in [0.717, 1.165) is 22.6 Å². The van der Waals surface area contributed by atoms with Gasteiger partial charge in [0.2, 0.25) is 0 Å². The van der Waals surface area contributed by atoms with Crippen molar-refractivity contribution in [1.29, 1.82) is 5.26 Å². The molecule has 0 radical (unpaired) electrons. The van der Waals surface area contributed by atoms with Crippen LogP contribution in [-0.4, -0.2) is 0 Å². The van der Waals surface area contributed by atoms with E-state index in [0.29, 0.717) is 15.6 Å². The number of rotatable bonds is 4. The molecule has 0 amide bonds. The SMILES string of the molecule is N#Cc1cccc(CSCc2c(Cl)cccc2Cl)c1. The lowest BCUT2D eigenvalue weighted by molar-refractivity contribution is 1.35. The van der Waals surface area contributed by atoms with Crippen molar-refractivity contribution < 1.29 is 0 Å². The molecule has 0 spiro atoms. The molecular weight excluding hydrogens is 297 g/mol. The third-order valence-electron chi connectivity index (χ3n) is 2.63. The summed E-state index contributed by atoms with van der Waals surface area (Å²) < 4.78 is 0. The Kier molecular flexibility index (Phi) is 5.15. The maximum absolute atomic E-state index is 8.85. The second kappa shape index (κ2) is 6.86. The Balaban J connectivity index is 1.99. The number of hydrogen-bond donors (Lipinski definition) is 0. The minimum atomic E-state index is 0.689. The summed E-state index contributed by atoms with van der Waals surface area (Å²) in [6.45, 7) is 0. The molecule has 0 bridgehead atoms. The number of thioether (sulfide) groups is 1. The first-order valence-electron chi connectivity index (χ1n) is 5.70. The van der Waals surface area contributed by atoms with Crippen LogP contribution in [0.4, 0.5) is 0 Å². The van der Waals surface area contributed by atoms with E-state index in [1.54, 1.807) is 17.8 Å². The third kappa shape index (κ3) is 3.91. The van der Waals surface area contributed by atoms with Crippen molar-refractivity contribution in [3.8, 4) is 6.07 Å². The van der Waals surface area contributed by atoms with Crippen LogP contribution in [0.5, 0.6) is 0 Å². The Bertz CT molecular complexity index is 600. The Morgan fingerprint density at radius 3 is 2.37 bits per heavy atom. The quantitative estimate of drug-likeness (QED) is 0.765. The Morgan fingerprint density at radius 2 is 1.68 bits per heavy atom. The van der Waals surface area contributed by atoms with E-state index >= 15 is 0 Å². The van der Waals surface area contributed by atoms with Gasteiger partial charge in [-0.15, -0.1) is 0 Å². The predicted molar refractivity (Wildman–Crippen MR) is 82.6 cm³/mol. The average molecular weight is 308 g/mol. The van der Waals surface area contributed by atoms with E-state index in [9.17, 15) is 0 Å². The van der Waals surface area contributed by atoms with Gasteiger partial charge in [0.05, 0.1) is 11.6 Å². The zero-order chi connectivity index (χ0) is 13.7. The molecule has 1 nitrogen and oxygen atoms in total. The summed E-state index contributed by atoms with van der Waals surface area (Å²) in [5, 5.41) is 10.2. The number of hydrogen-bond acceptors (Lipinski definition) is 2. The second-order valence-electron chi connectivity index (χ2n) is 4.01. The molecule has 96 valence electrons. The largest absolute Gasteiger partial charge is 0.192 e. The van der Waals surface area contributed by atoms with Crippen LogP contribution in [0.2, 0.25) is 10.0 Å². The monoisotopic (exact) mass is 307 g/mol. The molecule has 0 fully saturated rings. The van der Waals surface area contributed by atoms with Crippen molar-refractivity contribution in [2.75, 3.05) is 0 Å². The standard InChI is InChI=1S/C15H11Cl2NS/c16-14-5-2-6-15(17)13(14)10-19-9-12-4-1-3-11(7-12)8-18/h1-7H,9-10H2. The van der Waals surface area contributed by atoms with Crippen LogP contribution < -0.4 is 0 Å². The highest BCUT2D eigenvalue weighted by atomic mass is 35.5. The second-order valence-corrected chi connectivity index (χ2v) is 5.81. The summed E-state index contributed by atoms with van der Waals surface area (Å²) in [6, 6.07) is 15.3. The van der Waals surface area contributed by atoms with Gasteiger partial charge in [-0.25, -0.2) is 0 Å². The van der Waals surface area contributed by atoms with Crippen LogP contribution in [0.3, 0.4) is 0 Å². The van der Waals surface area contributed by atoms with Gasteiger partial charge in [-0.1, -0.05) is 41.4 Å². The highest BCUT2D eigenvalue weighted by molar-refractivity contribution is 7.97. The average Bonchev–Trinajstić information content (AvgIpc) is 2.42. The molecule has 0 atom stereocenters. The fourth-order valence-electron chi connectivity index (χ4n) is 1.67. The van der Waals surface area contributed by atoms with Gasteiger partial charge in [0.15, 0.2) is 0 Å².